The van der Waals surface area contributed by atoms with Crippen LogP contribution in [0.3, 0.4) is 0 Å². The Bertz CT molecular complexity index is 644. The molecule has 1 aliphatic rings. The van der Waals surface area contributed by atoms with Gasteiger partial charge in [-0.15, -0.1) is 0 Å². The summed E-state index contributed by atoms with van der Waals surface area (Å²) in [7, 11) is -0.811. The summed E-state index contributed by atoms with van der Waals surface area (Å²) in [5.41, 5.74) is 0.478. The quantitative estimate of drug-likeness (QED) is 0.661. The molecule has 0 aliphatic heterocycles. The predicted molar refractivity (Wildman–Crippen MR) is 104 cm³/mol. The maximum atomic E-state index is 12.5. The van der Waals surface area contributed by atoms with E-state index in [2.05, 4.69) is 5.32 Å². The molecule has 1 aliphatic carbocycles. The van der Waals surface area contributed by atoms with Crippen LogP contribution in [-0.4, -0.2) is 56.8 Å². The van der Waals surface area contributed by atoms with Gasteiger partial charge in [0.1, 0.15) is 6.54 Å². The van der Waals surface area contributed by atoms with Crippen LogP contribution in [0, 0.1) is 0 Å². The Kier molecular flexibility index (Phi) is 7.58. The van der Waals surface area contributed by atoms with Crippen LogP contribution in [0.25, 0.3) is 0 Å². The van der Waals surface area contributed by atoms with Gasteiger partial charge in [0, 0.05) is 31.6 Å². The van der Waals surface area contributed by atoms with Crippen LogP contribution in [0.2, 0.25) is 0 Å². The zero-order valence-corrected chi connectivity index (χ0v) is 16.5. The van der Waals surface area contributed by atoms with Gasteiger partial charge in [-0.3, -0.25) is 4.79 Å². The lowest BCUT2D eigenvalue weighted by molar-refractivity contribution is -0.119. The molecule has 2 rings (SSSR count). The number of hydrogen-bond donors (Lipinski definition) is 1. The summed E-state index contributed by atoms with van der Waals surface area (Å²) in [5, 5.41) is 3.55. The fraction of sp³-hybridized carbons (Fsp3) is 0.588. The highest BCUT2D eigenvalue weighted by molar-refractivity contribution is 7.99. The van der Waals surface area contributed by atoms with Gasteiger partial charge in [0.25, 0.3) is 0 Å². The molecule has 0 unspecified atom stereocenters. The fourth-order valence-electron chi connectivity index (χ4n) is 2.75. The van der Waals surface area contributed by atoms with Crippen LogP contribution >= 0.6 is 11.8 Å². The van der Waals surface area contributed by atoms with Crippen molar-refractivity contribution in [2.75, 3.05) is 37.2 Å². The van der Waals surface area contributed by atoms with E-state index in [1.54, 1.807) is 24.3 Å². The van der Waals surface area contributed by atoms with Crippen LogP contribution in [0.5, 0.6) is 0 Å². The van der Waals surface area contributed by atoms with E-state index in [9.17, 15) is 13.2 Å². The van der Waals surface area contributed by atoms with Gasteiger partial charge in [0.2, 0.25) is 5.91 Å². The molecular formula is C17H27N3O3S2. The van der Waals surface area contributed by atoms with Crippen molar-refractivity contribution < 1.29 is 13.2 Å². The summed E-state index contributed by atoms with van der Waals surface area (Å²) >= 11 is 1.90. The van der Waals surface area contributed by atoms with E-state index in [0.29, 0.717) is 17.5 Å². The highest BCUT2D eigenvalue weighted by atomic mass is 32.2. The van der Waals surface area contributed by atoms with Crippen molar-refractivity contribution in [2.45, 2.75) is 30.9 Å². The standard InChI is InChI=1S/C17H27N3O3S2/c1-19(2)25(22,23)20(15-8-4-3-5-9-15)14-17(21)18-12-13-24-16-10-6-7-11-16/h3-5,8-9,16H,6-7,10-14H2,1-2H3,(H,18,21). The molecule has 0 atom stereocenters. The van der Waals surface area contributed by atoms with Gasteiger partial charge in [0.05, 0.1) is 5.69 Å². The van der Waals surface area contributed by atoms with E-state index in [1.165, 1.54) is 39.8 Å². The van der Waals surface area contributed by atoms with E-state index < -0.39 is 10.2 Å². The summed E-state index contributed by atoms with van der Waals surface area (Å²) in [4.78, 5) is 12.2. The average Bonchev–Trinajstić information content (AvgIpc) is 3.10. The van der Waals surface area contributed by atoms with Gasteiger partial charge in [-0.25, -0.2) is 4.31 Å². The number of anilines is 1. The first-order chi connectivity index (χ1) is 11.9. The summed E-state index contributed by atoms with van der Waals surface area (Å²) in [6.45, 7) is 0.337. The third-order valence-electron chi connectivity index (χ3n) is 4.15. The Hall–Kier alpha value is -1.25. The van der Waals surface area contributed by atoms with Crippen LogP contribution in [0.1, 0.15) is 25.7 Å². The minimum Gasteiger partial charge on any atom is -0.354 e. The maximum Gasteiger partial charge on any atom is 0.304 e. The van der Waals surface area contributed by atoms with Crippen LogP contribution < -0.4 is 9.62 Å². The largest absolute Gasteiger partial charge is 0.354 e. The number of rotatable bonds is 9. The van der Waals surface area contributed by atoms with Crippen LogP contribution in [0.15, 0.2) is 30.3 Å². The molecule has 0 saturated heterocycles. The van der Waals surface area contributed by atoms with Crippen LogP contribution in [-0.2, 0) is 15.0 Å². The van der Waals surface area contributed by atoms with Crippen molar-refractivity contribution in [1.82, 2.24) is 9.62 Å². The van der Waals surface area contributed by atoms with E-state index in [-0.39, 0.29) is 12.5 Å². The lowest BCUT2D eigenvalue weighted by Crippen LogP contribution is -2.46. The SMILES string of the molecule is CN(C)S(=O)(=O)N(CC(=O)NCCSC1CCCC1)c1ccccc1. The third-order valence-corrected chi connectivity index (χ3v) is 7.35. The van der Waals surface area contributed by atoms with Gasteiger partial charge in [0.15, 0.2) is 0 Å². The minimum absolute atomic E-state index is 0.224. The molecule has 0 radical (unpaired) electrons. The number of thioether (sulfide) groups is 1. The van der Waals surface area contributed by atoms with Crippen molar-refractivity contribution in [3.8, 4) is 0 Å². The van der Waals surface area contributed by atoms with Crippen molar-refractivity contribution in [3.05, 3.63) is 30.3 Å². The molecule has 1 aromatic rings. The summed E-state index contributed by atoms with van der Waals surface area (Å²) in [6, 6.07) is 8.69. The van der Waals surface area contributed by atoms with E-state index in [1.807, 2.05) is 17.8 Å². The second-order valence-corrected chi connectivity index (χ2v) is 9.73. The molecule has 140 valence electrons. The monoisotopic (exact) mass is 385 g/mol. The molecule has 0 spiro atoms. The van der Waals surface area contributed by atoms with Crippen molar-refractivity contribution >= 4 is 33.6 Å². The molecule has 1 N–H and O–H groups in total. The first-order valence-corrected chi connectivity index (χ1v) is 11.0. The molecule has 1 amide bonds. The lowest BCUT2D eigenvalue weighted by atomic mass is 10.3. The molecule has 1 saturated carbocycles. The highest BCUT2D eigenvalue weighted by Gasteiger charge is 2.27. The number of hydrogen-bond acceptors (Lipinski definition) is 4. The van der Waals surface area contributed by atoms with Gasteiger partial charge < -0.3 is 5.32 Å². The van der Waals surface area contributed by atoms with Gasteiger partial charge in [-0.1, -0.05) is 31.0 Å². The lowest BCUT2D eigenvalue weighted by Gasteiger charge is -2.26. The number of nitrogens with one attached hydrogen (secondary N) is 1. The number of para-hydroxylation sites is 1. The van der Waals surface area contributed by atoms with E-state index >= 15 is 0 Å². The molecular weight excluding hydrogens is 358 g/mol. The second kappa shape index (κ2) is 9.45. The van der Waals surface area contributed by atoms with E-state index in [4.69, 9.17) is 0 Å². The van der Waals surface area contributed by atoms with Gasteiger partial charge in [-0.2, -0.15) is 24.5 Å². The molecule has 0 heterocycles. The van der Waals surface area contributed by atoms with Crippen molar-refractivity contribution in [3.63, 3.8) is 0 Å². The Morgan fingerprint density at radius 3 is 2.44 bits per heavy atom. The highest BCUT2D eigenvalue weighted by Crippen LogP contribution is 2.28. The normalized spacial score (nSPS) is 15.5. The molecule has 6 nitrogen and oxygen atoms in total. The Balaban J connectivity index is 1.91. The Morgan fingerprint density at radius 1 is 1.20 bits per heavy atom. The predicted octanol–water partition coefficient (Wildman–Crippen LogP) is 2.09. The fourth-order valence-corrected chi connectivity index (χ4v) is 5.04. The Labute approximate surface area is 155 Å². The van der Waals surface area contributed by atoms with Crippen molar-refractivity contribution in [1.29, 1.82) is 0 Å². The number of amides is 1. The molecule has 0 bridgehead atoms. The molecule has 25 heavy (non-hydrogen) atoms. The number of nitrogens with zero attached hydrogens (tertiary/aromatic N) is 2. The Morgan fingerprint density at radius 2 is 1.84 bits per heavy atom. The minimum atomic E-state index is -3.73. The second-order valence-electron chi connectivity index (χ2n) is 6.26. The van der Waals surface area contributed by atoms with Crippen LogP contribution in [0.4, 0.5) is 5.69 Å². The molecule has 8 heteroatoms. The third kappa shape index (κ3) is 5.90. The first kappa shape index (κ1) is 20.1. The number of benzene rings is 1. The zero-order valence-electron chi connectivity index (χ0n) is 14.8. The van der Waals surface area contributed by atoms with E-state index in [0.717, 1.165) is 14.4 Å². The smallest absolute Gasteiger partial charge is 0.304 e. The maximum absolute atomic E-state index is 12.5. The topological polar surface area (TPSA) is 69.7 Å². The van der Waals surface area contributed by atoms with Crippen molar-refractivity contribution in [2.24, 2.45) is 0 Å². The van der Waals surface area contributed by atoms with Gasteiger partial charge >= 0.3 is 10.2 Å². The average molecular weight is 386 g/mol. The number of carbonyl (C=O) groups excluding carboxylic acids is 1. The molecule has 1 aromatic carbocycles. The summed E-state index contributed by atoms with van der Waals surface area (Å²) < 4.78 is 27.3. The van der Waals surface area contributed by atoms with Gasteiger partial charge in [-0.05, 0) is 25.0 Å². The summed E-state index contributed by atoms with van der Waals surface area (Å²) in [6.07, 6.45) is 5.14. The molecule has 0 aromatic heterocycles. The molecule has 1 fully saturated rings. The zero-order chi connectivity index (χ0) is 18.3. The first-order valence-electron chi connectivity index (χ1n) is 8.55. The number of carbonyl (C=O) groups is 1. The summed E-state index contributed by atoms with van der Waals surface area (Å²) in [5.74, 6) is 0.573.